The van der Waals surface area contributed by atoms with Gasteiger partial charge in [0.05, 0.1) is 13.2 Å². The van der Waals surface area contributed by atoms with E-state index in [1.165, 1.54) is 5.56 Å². The normalized spacial score (nSPS) is 12.2. The Labute approximate surface area is 114 Å². The number of rotatable bonds is 4. The molecule has 2 rings (SSSR count). The molecule has 0 aliphatic rings. The van der Waals surface area contributed by atoms with Gasteiger partial charge in [-0.15, -0.1) is 0 Å². The SMILES string of the molecule is COc1cc(C(NN)c2cccc(C)c2)ccc1C. The summed E-state index contributed by atoms with van der Waals surface area (Å²) in [6.07, 6.45) is 0. The molecule has 2 aromatic carbocycles. The zero-order valence-electron chi connectivity index (χ0n) is 11.6. The number of hydrazine groups is 1. The lowest BCUT2D eigenvalue weighted by atomic mass is 9.97. The fraction of sp³-hybridized carbons (Fsp3) is 0.250. The molecule has 0 amide bonds. The topological polar surface area (TPSA) is 47.3 Å². The molecule has 0 heterocycles. The van der Waals surface area contributed by atoms with E-state index in [0.29, 0.717) is 0 Å². The molecule has 19 heavy (non-hydrogen) atoms. The monoisotopic (exact) mass is 256 g/mol. The Balaban J connectivity index is 2.42. The summed E-state index contributed by atoms with van der Waals surface area (Å²) >= 11 is 0. The van der Waals surface area contributed by atoms with Gasteiger partial charge in [0, 0.05) is 0 Å². The summed E-state index contributed by atoms with van der Waals surface area (Å²) in [4.78, 5) is 0. The van der Waals surface area contributed by atoms with E-state index in [4.69, 9.17) is 10.6 Å². The Kier molecular flexibility index (Phi) is 4.20. The Morgan fingerprint density at radius 2 is 1.79 bits per heavy atom. The minimum atomic E-state index is -0.0330. The van der Waals surface area contributed by atoms with E-state index in [1.807, 2.05) is 25.1 Å². The van der Waals surface area contributed by atoms with Crippen LogP contribution in [0.5, 0.6) is 5.75 Å². The van der Waals surface area contributed by atoms with Crippen molar-refractivity contribution < 1.29 is 4.74 Å². The lowest BCUT2D eigenvalue weighted by Gasteiger charge is -2.18. The average Bonchev–Trinajstić information content (AvgIpc) is 2.41. The van der Waals surface area contributed by atoms with Crippen LogP contribution in [0, 0.1) is 13.8 Å². The summed E-state index contributed by atoms with van der Waals surface area (Å²) in [5.74, 6) is 6.61. The third-order valence-corrected chi connectivity index (χ3v) is 3.31. The highest BCUT2D eigenvalue weighted by atomic mass is 16.5. The van der Waals surface area contributed by atoms with Crippen molar-refractivity contribution in [2.45, 2.75) is 19.9 Å². The minimum Gasteiger partial charge on any atom is -0.496 e. The first-order chi connectivity index (χ1) is 9.15. The van der Waals surface area contributed by atoms with Crippen LogP contribution in [0.15, 0.2) is 42.5 Å². The van der Waals surface area contributed by atoms with Crippen molar-refractivity contribution in [1.82, 2.24) is 5.43 Å². The first-order valence-corrected chi connectivity index (χ1v) is 6.33. The Bertz CT molecular complexity index is 566. The maximum atomic E-state index is 5.73. The van der Waals surface area contributed by atoms with Crippen molar-refractivity contribution in [3.63, 3.8) is 0 Å². The Morgan fingerprint density at radius 1 is 1.05 bits per heavy atom. The number of hydrogen-bond donors (Lipinski definition) is 2. The second-order valence-corrected chi connectivity index (χ2v) is 4.74. The quantitative estimate of drug-likeness (QED) is 0.653. The summed E-state index contributed by atoms with van der Waals surface area (Å²) < 4.78 is 5.37. The third kappa shape index (κ3) is 2.95. The van der Waals surface area contributed by atoms with E-state index in [9.17, 15) is 0 Å². The molecule has 0 fully saturated rings. The number of methoxy groups -OCH3 is 1. The highest BCUT2D eigenvalue weighted by molar-refractivity contribution is 5.41. The van der Waals surface area contributed by atoms with Crippen molar-refractivity contribution in [2.24, 2.45) is 5.84 Å². The van der Waals surface area contributed by atoms with Crippen LogP contribution in [0.4, 0.5) is 0 Å². The van der Waals surface area contributed by atoms with Gasteiger partial charge in [0.2, 0.25) is 0 Å². The van der Waals surface area contributed by atoms with Crippen LogP contribution in [-0.2, 0) is 0 Å². The van der Waals surface area contributed by atoms with Gasteiger partial charge < -0.3 is 4.74 Å². The highest BCUT2D eigenvalue weighted by Gasteiger charge is 2.13. The Hall–Kier alpha value is -1.84. The zero-order chi connectivity index (χ0) is 13.8. The first-order valence-electron chi connectivity index (χ1n) is 6.33. The number of hydrogen-bond acceptors (Lipinski definition) is 3. The van der Waals surface area contributed by atoms with Gasteiger partial charge in [0.15, 0.2) is 0 Å². The number of nitrogens with one attached hydrogen (secondary N) is 1. The molecule has 0 radical (unpaired) electrons. The minimum absolute atomic E-state index is 0.0330. The smallest absolute Gasteiger partial charge is 0.122 e. The third-order valence-electron chi connectivity index (χ3n) is 3.31. The van der Waals surface area contributed by atoms with E-state index in [-0.39, 0.29) is 6.04 Å². The second-order valence-electron chi connectivity index (χ2n) is 4.74. The lowest BCUT2D eigenvalue weighted by molar-refractivity contribution is 0.410. The molecule has 3 N–H and O–H groups in total. The van der Waals surface area contributed by atoms with Gasteiger partial charge in [-0.25, -0.2) is 5.43 Å². The molecule has 0 aliphatic heterocycles. The van der Waals surface area contributed by atoms with Crippen LogP contribution in [0.3, 0.4) is 0 Å². The van der Waals surface area contributed by atoms with Crippen LogP contribution in [0.2, 0.25) is 0 Å². The summed E-state index contributed by atoms with van der Waals surface area (Å²) in [6.45, 7) is 4.10. The molecule has 3 nitrogen and oxygen atoms in total. The van der Waals surface area contributed by atoms with Crippen LogP contribution in [0.25, 0.3) is 0 Å². The van der Waals surface area contributed by atoms with Crippen molar-refractivity contribution in [1.29, 1.82) is 0 Å². The van der Waals surface area contributed by atoms with Crippen molar-refractivity contribution in [3.8, 4) is 5.75 Å². The van der Waals surface area contributed by atoms with Crippen LogP contribution >= 0.6 is 0 Å². The molecule has 0 aliphatic carbocycles. The van der Waals surface area contributed by atoms with Gasteiger partial charge in [0.1, 0.15) is 5.75 Å². The lowest BCUT2D eigenvalue weighted by Crippen LogP contribution is -2.28. The average molecular weight is 256 g/mol. The van der Waals surface area contributed by atoms with Gasteiger partial charge in [0.25, 0.3) is 0 Å². The van der Waals surface area contributed by atoms with Gasteiger partial charge in [-0.2, -0.15) is 0 Å². The largest absolute Gasteiger partial charge is 0.496 e. The molecule has 0 aromatic heterocycles. The first kappa shape index (κ1) is 13.6. The van der Waals surface area contributed by atoms with Crippen LogP contribution < -0.4 is 16.0 Å². The Morgan fingerprint density at radius 3 is 2.42 bits per heavy atom. The molecule has 0 spiro atoms. The van der Waals surface area contributed by atoms with E-state index in [2.05, 4.69) is 36.6 Å². The molecule has 1 atom stereocenters. The van der Waals surface area contributed by atoms with Gasteiger partial charge in [-0.05, 0) is 36.6 Å². The maximum absolute atomic E-state index is 5.73. The number of ether oxygens (including phenoxy) is 1. The van der Waals surface area contributed by atoms with Gasteiger partial charge in [-0.1, -0.05) is 42.0 Å². The summed E-state index contributed by atoms with van der Waals surface area (Å²) in [5, 5.41) is 0. The van der Waals surface area contributed by atoms with Crippen LogP contribution in [0.1, 0.15) is 28.3 Å². The molecule has 0 bridgehead atoms. The molecule has 1 unspecified atom stereocenters. The molecule has 0 saturated carbocycles. The number of nitrogens with two attached hydrogens (primary N) is 1. The van der Waals surface area contributed by atoms with Gasteiger partial charge in [-0.3, -0.25) is 5.84 Å². The highest BCUT2D eigenvalue weighted by Crippen LogP contribution is 2.27. The van der Waals surface area contributed by atoms with E-state index < -0.39 is 0 Å². The maximum Gasteiger partial charge on any atom is 0.122 e. The fourth-order valence-corrected chi connectivity index (χ4v) is 2.25. The van der Waals surface area contributed by atoms with Gasteiger partial charge >= 0.3 is 0 Å². The van der Waals surface area contributed by atoms with E-state index >= 15 is 0 Å². The molecule has 3 heteroatoms. The predicted octanol–water partition coefficient (Wildman–Crippen LogP) is 2.86. The summed E-state index contributed by atoms with van der Waals surface area (Å²) in [6, 6.07) is 14.4. The fourth-order valence-electron chi connectivity index (χ4n) is 2.25. The van der Waals surface area contributed by atoms with Crippen LogP contribution in [-0.4, -0.2) is 7.11 Å². The molecule has 2 aromatic rings. The number of benzene rings is 2. The second kappa shape index (κ2) is 5.87. The number of aryl methyl sites for hydroxylation is 2. The molecular weight excluding hydrogens is 236 g/mol. The standard InChI is InChI=1S/C16H20N2O/c1-11-5-4-6-13(9-11)16(18-17)14-8-7-12(2)15(10-14)19-3/h4-10,16,18H,17H2,1-3H3. The van der Waals surface area contributed by atoms with Crippen molar-refractivity contribution in [3.05, 3.63) is 64.7 Å². The van der Waals surface area contributed by atoms with Crippen molar-refractivity contribution in [2.75, 3.05) is 7.11 Å². The van der Waals surface area contributed by atoms with Crippen molar-refractivity contribution >= 4 is 0 Å². The zero-order valence-corrected chi connectivity index (χ0v) is 11.6. The van der Waals surface area contributed by atoms with E-state index in [1.54, 1.807) is 7.11 Å². The van der Waals surface area contributed by atoms with E-state index in [0.717, 1.165) is 22.4 Å². The molecule has 100 valence electrons. The predicted molar refractivity (Wildman–Crippen MR) is 78.1 cm³/mol. The molecule has 0 saturated heterocycles. The summed E-state index contributed by atoms with van der Waals surface area (Å²) in [7, 11) is 1.68. The molecular formula is C16H20N2O. The summed E-state index contributed by atoms with van der Waals surface area (Å²) in [5.41, 5.74) is 7.45.